The first kappa shape index (κ1) is 14.2. The maximum atomic E-state index is 11.9. The fourth-order valence-electron chi connectivity index (χ4n) is 1.49. The van der Waals surface area contributed by atoms with Crippen molar-refractivity contribution >= 4 is 17.2 Å². The number of carbonyl (C=O) groups excluding carboxylic acids is 1. The smallest absolute Gasteiger partial charge is 0.252 e. The predicted molar refractivity (Wildman–Crippen MR) is 75.3 cm³/mol. The fourth-order valence-corrected chi connectivity index (χ4v) is 2.25. The summed E-state index contributed by atoms with van der Waals surface area (Å²) in [5.41, 5.74) is 5.90. The average molecular weight is 290 g/mol. The van der Waals surface area contributed by atoms with Crippen molar-refractivity contribution in [3.63, 3.8) is 0 Å². The summed E-state index contributed by atoms with van der Waals surface area (Å²) in [6, 6.07) is 1.75. The molecule has 0 aliphatic rings. The average Bonchev–Trinajstić information content (AvgIpc) is 3.05. The highest BCUT2D eigenvalue weighted by Gasteiger charge is 2.08. The van der Waals surface area contributed by atoms with Gasteiger partial charge in [-0.1, -0.05) is 17.0 Å². The molecule has 104 valence electrons. The Balaban J connectivity index is 1.84. The van der Waals surface area contributed by atoms with Crippen LogP contribution in [0.5, 0.6) is 0 Å². The summed E-state index contributed by atoms with van der Waals surface area (Å²) in [6.07, 6.45) is 0.535. The summed E-state index contributed by atoms with van der Waals surface area (Å²) >= 11 is 1.42. The van der Waals surface area contributed by atoms with Crippen molar-refractivity contribution in [3.8, 4) is 11.8 Å². The lowest BCUT2D eigenvalue weighted by molar-refractivity contribution is 0.0954. The summed E-state index contributed by atoms with van der Waals surface area (Å²) in [4.78, 5) is 16.8. The quantitative estimate of drug-likeness (QED) is 0.809. The number of hydrogen-bond donors (Lipinski definition) is 2. The summed E-state index contributed by atoms with van der Waals surface area (Å²) in [5, 5.41) is 8.33. The molecule has 0 saturated heterocycles. The first-order chi connectivity index (χ1) is 9.69. The number of carbonyl (C=O) groups is 1. The third-order valence-corrected chi connectivity index (χ3v) is 3.22. The lowest BCUT2D eigenvalue weighted by Crippen LogP contribution is -2.25. The Kier molecular flexibility index (Phi) is 4.87. The van der Waals surface area contributed by atoms with E-state index in [1.54, 1.807) is 18.4 Å². The molecule has 2 heterocycles. The Morgan fingerprint density at radius 1 is 1.60 bits per heavy atom. The first-order valence-electron chi connectivity index (χ1n) is 6.04. The minimum absolute atomic E-state index is 0.137. The molecule has 6 nitrogen and oxygen atoms in total. The topological polar surface area (TPSA) is 94.0 Å². The monoisotopic (exact) mass is 290 g/mol. The van der Waals surface area contributed by atoms with Gasteiger partial charge in [-0.3, -0.25) is 4.79 Å². The van der Waals surface area contributed by atoms with Crippen LogP contribution in [0.1, 0.15) is 27.0 Å². The molecule has 0 aliphatic heterocycles. The second-order valence-electron chi connectivity index (χ2n) is 3.94. The Hall–Kier alpha value is -2.17. The van der Waals surface area contributed by atoms with Crippen LogP contribution in [0.15, 0.2) is 16.0 Å². The molecule has 0 fully saturated rings. The van der Waals surface area contributed by atoms with Crippen LogP contribution < -0.4 is 11.1 Å². The molecule has 2 aromatic rings. The molecule has 0 spiro atoms. The Labute approximate surface area is 120 Å². The largest absolute Gasteiger partial charge is 0.352 e. The third kappa shape index (κ3) is 3.91. The van der Waals surface area contributed by atoms with Crippen molar-refractivity contribution in [1.29, 1.82) is 0 Å². The number of hydrogen-bond acceptors (Lipinski definition) is 6. The number of thiophene rings is 1. The van der Waals surface area contributed by atoms with Crippen molar-refractivity contribution in [2.75, 3.05) is 13.1 Å². The zero-order chi connectivity index (χ0) is 14.4. The van der Waals surface area contributed by atoms with Gasteiger partial charge in [0, 0.05) is 25.3 Å². The van der Waals surface area contributed by atoms with Crippen LogP contribution in [0.25, 0.3) is 0 Å². The molecule has 7 heteroatoms. The standard InChI is InChI=1S/C13H14N4O2S/c1-9-16-12(17-19-9)4-6-15-13(18)10-7-11(20-8-10)3-2-5-14/h7-8H,4-6,14H2,1H3,(H,15,18). The van der Waals surface area contributed by atoms with E-state index in [0.717, 1.165) is 4.88 Å². The Morgan fingerprint density at radius 2 is 2.45 bits per heavy atom. The lowest BCUT2D eigenvalue weighted by atomic mass is 10.3. The van der Waals surface area contributed by atoms with E-state index in [9.17, 15) is 4.79 Å². The highest BCUT2D eigenvalue weighted by atomic mass is 32.1. The van der Waals surface area contributed by atoms with Gasteiger partial charge in [-0.15, -0.1) is 11.3 Å². The first-order valence-corrected chi connectivity index (χ1v) is 6.92. The predicted octanol–water partition coefficient (Wildman–Crippen LogP) is 0.722. The van der Waals surface area contributed by atoms with E-state index in [-0.39, 0.29) is 5.91 Å². The van der Waals surface area contributed by atoms with Gasteiger partial charge in [-0.25, -0.2) is 0 Å². The molecule has 0 atom stereocenters. The van der Waals surface area contributed by atoms with Crippen LogP contribution in [0, 0.1) is 18.8 Å². The number of nitrogens with one attached hydrogen (secondary N) is 1. The maximum absolute atomic E-state index is 11.9. The highest BCUT2D eigenvalue weighted by molar-refractivity contribution is 7.10. The van der Waals surface area contributed by atoms with Crippen LogP contribution in [0.2, 0.25) is 0 Å². The van der Waals surface area contributed by atoms with Crippen LogP contribution in [-0.4, -0.2) is 29.1 Å². The summed E-state index contributed by atoms with van der Waals surface area (Å²) in [7, 11) is 0. The number of rotatable bonds is 4. The molecule has 3 N–H and O–H groups in total. The van der Waals surface area contributed by atoms with Gasteiger partial charge in [0.1, 0.15) is 0 Å². The zero-order valence-electron chi connectivity index (χ0n) is 11.0. The van der Waals surface area contributed by atoms with Crippen molar-refractivity contribution in [1.82, 2.24) is 15.5 Å². The van der Waals surface area contributed by atoms with Crippen molar-refractivity contribution in [2.45, 2.75) is 13.3 Å². The van der Waals surface area contributed by atoms with Gasteiger partial charge < -0.3 is 15.6 Å². The second kappa shape index (κ2) is 6.84. The molecule has 0 aliphatic carbocycles. The van der Waals surface area contributed by atoms with Crippen LogP contribution >= 0.6 is 11.3 Å². The van der Waals surface area contributed by atoms with E-state index in [1.807, 2.05) is 0 Å². The number of aryl methyl sites for hydroxylation is 1. The molecule has 20 heavy (non-hydrogen) atoms. The SMILES string of the molecule is Cc1nc(CCNC(=O)c2csc(C#CCN)c2)no1. The van der Waals surface area contributed by atoms with Gasteiger partial charge >= 0.3 is 0 Å². The minimum atomic E-state index is -0.137. The molecule has 2 aromatic heterocycles. The number of nitrogens with zero attached hydrogens (tertiary/aromatic N) is 2. The molecule has 0 radical (unpaired) electrons. The maximum Gasteiger partial charge on any atom is 0.252 e. The summed E-state index contributed by atoms with van der Waals surface area (Å²) < 4.78 is 4.85. The van der Waals surface area contributed by atoms with E-state index >= 15 is 0 Å². The van der Waals surface area contributed by atoms with Gasteiger partial charge in [0.25, 0.3) is 5.91 Å². The van der Waals surface area contributed by atoms with E-state index < -0.39 is 0 Å². The van der Waals surface area contributed by atoms with Gasteiger partial charge in [0.2, 0.25) is 5.89 Å². The van der Waals surface area contributed by atoms with Crippen LogP contribution in [-0.2, 0) is 6.42 Å². The summed E-state index contributed by atoms with van der Waals surface area (Å²) in [6.45, 7) is 2.49. The van der Waals surface area contributed by atoms with E-state index in [0.29, 0.717) is 36.8 Å². The molecule has 0 saturated carbocycles. The molecular formula is C13H14N4O2S. The third-order valence-electron chi connectivity index (χ3n) is 2.38. The Bertz CT molecular complexity index is 651. The molecule has 1 amide bonds. The lowest BCUT2D eigenvalue weighted by Gasteiger charge is -2.00. The van der Waals surface area contributed by atoms with E-state index in [2.05, 4.69) is 27.3 Å². The van der Waals surface area contributed by atoms with Crippen molar-refractivity contribution in [2.24, 2.45) is 5.73 Å². The van der Waals surface area contributed by atoms with Crippen LogP contribution in [0.3, 0.4) is 0 Å². The van der Waals surface area contributed by atoms with Gasteiger partial charge in [-0.2, -0.15) is 4.98 Å². The fraction of sp³-hybridized carbons (Fsp3) is 0.308. The van der Waals surface area contributed by atoms with Gasteiger partial charge in [-0.05, 0) is 6.07 Å². The number of amides is 1. The van der Waals surface area contributed by atoms with Crippen molar-refractivity contribution in [3.05, 3.63) is 33.6 Å². The molecule has 0 unspecified atom stereocenters. The van der Waals surface area contributed by atoms with Gasteiger partial charge in [0.15, 0.2) is 5.82 Å². The van der Waals surface area contributed by atoms with Crippen molar-refractivity contribution < 1.29 is 9.32 Å². The summed E-state index contributed by atoms with van der Waals surface area (Å²) in [5.74, 6) is 6.62. The van der Waals surface area contributed by atoms with E-state index in [1.165, 1.54) is 11.3 Å². The highest BCUT2D eigenvalue weighted by Crippen LogP contribution is 2.13. The van der Waals surface area contributed by atoms with Crippen LogP contribution in [0.4, 0.5) is 0 Å². The number of aromatic nitrogens is 2. The van der Waals surface area contributed by atoms with E-state index in [4.69, 9.17) is 10.3 Å². The molecule has 0 aromatic carbocycles. The zero-order valence-corrected chi connectivity index (χ0v) is 11.8. The molecule has 2 rings (SSSR count). The second-order valence-corrected chi connectivity index (χ2v) is 4.85. The molecule has 0 bridgehead atoms. The molecular weight excluding hydrogens is 276 g/mol. The normalized spacial score (nSPS) is 9.90. The Morgan fingerprint density at radius 3 is 3.15 bits per heavy atom. The minimum Gasteiger partial charge on any atom is -0.352 e. The number of nitrogens with two attached hydrogens (primary N) is 1. The van der Waals surface area contributed by atoms with Gasteiger partial charge in [0.05, 0.1) is 17.0 Å².